The minimum Gasteiger partial charge on any atom is -0.465 e. The van der Waals surface area contributed by atoms with Crippen LogP contribution in [0.3, 0.4) is 0 Å². The maximum atomic E-state index is 12.6. The first-order valence-corrected chi connectivity index (χ1v) is 11.5. The SMILES string of the molecule is COC(=O)c1cc(S(=O)(=O)Nc2nnc(SCc3ccccc3)s2)ccc1Cl. The van der Waals surface area contributed by atoms with Crippen LogP contribution in [0.4, 0.5) is 5.13 Å². The predicted molar refractivity (Wildman–Crippen MR) is 110 cm³/mol. The van der Waals surface area contributed by atoms with Crippen LogP contribution in [0.15, 0.2) is 57.8 Å². The molecule has 1 heterocycles. The number of aromatic nitrogens is 2. The summed E-state index contributed by atoms with van der Waals surface area (Å²) in [6, 6.07) is 13.6. The molecule has 0 bridgehead atoms. The summed E-state index contributed by atoms with van der Waals surface area (Å²) in [6.45, 7) is 0. The van der Waals surface area contributed by atoms with E-state index >= 15 is 0 Å². The number of hydrogen-bond acceptors (Lipinski definition) is 8. The summed E-state index contributed by atoms with van der Waals surface area (Å²) in [6.07, 6.45) is 0. The Hall–Kier alpha value is -2.14. The van der Waals surface area contributed by atoms with Crippen LogP contribution >= 0.6 is 34.7 Å². The Balaban J connectivity index is 1.73. The van der Waals surface area contributed by atoms with Gasteiger partial charge in [0.25, 0.3) is 10.0 Å². The van der Waals surface area contributed by atoms with E-state index in [0.717, 1.165) is 23.0 Å². The molecule has 3 aromatic rings. The normalized spacial score (nSPS) is 11.2. The monoisotopic (exact) mass is 455 g/mol. The lowest BCUT2D eigenvalue weighted by Gasteiger charge is -2.07. The summed E-state index contributed by atoms with van der Waals surface area (Å²) in [7, 11) is -2.78. The lowest BCUT2D eigenvalue weighted by Crippen LogP contribution is -2.14. The number of hydrogen-bond donors (Lipinski definition) is 1. The van der Waals surface area contributed by atoms with Gasteiger partial charge in [0.15, 0.2) is 4.34 Å². The van der Waals surface area contributed by atoms with Crippen LogP contribution in [0, 0.1) is 0 Å². The van der Waals surface area contributed by atoms with E-state index < -0.39 is 16.0 Å². The zero-order chi connectivity index (χ0) is 20.1. The second-order valence-corrected chi connectivity index (χ2v) is 9.68. The molecule has 0 saturated carbocycles. The topological polar surface area (TPSA) is 98.2 Å². The van der Waals surface area contributed by atoms with Crippen molar-refractivity contribution in [1.82, 2.24) is 10.2 Å². The molecular weight excluding hydrogens is 442 g/mol. The standard InChI is InChI=1S/C17H14ClN3O4S3/c1-25-15(22)13-9-12(7-8-14(13)18)28(23,24)21-16-19-20-17(27-16)26-10-11-5-3-2-4-6-11/h2-9H,10H2,1H3,(H,19,21). The number of nitrogens with one attached hydrogen (secondary N) is 1. The average molecular weight is 456 g/mol. The fourth-order valence-electron chi connectivity index (χ4n) is 2.14. The number of rotatable bonds is 7. The molecule has 0 aliphatic rings. The lowest BCUT2D eigenvalue weighted by molar-refractivity contribution is 0.0600. The molecule has 0 spiro atoms. The Kier molecular flexibility index (Phi) is 6.55. The number of thioether (sulfide) groups is 1. The number of ether oxygens (including phenoxy) is 1. The molecule has 1 N–H and O–H groups in total. The minimum absolute atomic E-state index is 0.0385. The van der Waals surface area contributed by atoms with E-state index in [9.17, 15) is 13.2 Å². The number of carbonyl (C=O) groups is 1. The zero-order valence-corrected chi connectivity index (χ0v) is 17.7. The summed E-state index contributed by atoms with van der Waals surface area (Å²) in [5.74, 6) is -0.0282. The Bertz CT molecular complexity index is 1090. The number of esters is 1. The highest BCUT2D eigenvalue weighted by atomic mass is 35.5. The molecule has 0 radical (unpaired) electrons. The molecule has 0 fully saturated rings. The van der Waals surface area contributed by atoms with E-state index in [2.05, 4.69) is 19.7 Å². The highest BCUT2D eigenvalue weighted by Crippen LogP contribution is 2.30. The van der Waals surface area contributed by atoms with E-state index in [1.165, 1.54) is 31.0 Å². The Morgan fingerprint density at radius 1 is 1.21 bits per heavy atom. The number of sulfonamides is 1. The Morgan fingerprint density at radius 3 is 2.68 bits per heavy atom. The molecule has 7 nitrogen and oxygen atoms in total. The minimum atomic E-state index is -3.97. The Labute approximate surface area is 175 Å². The molecule has 28 heavy (non-hydrogen) atoms. The molecule has 2 aromatic carbocycles. The summed E-state index contributed by atoms with van der Waals surface area (Å²) in [5.41, 5.74) is 1.09. The molecule has 0 saturated heterocycles. The predicted octanol–water partition coefficient (Wildman–Crippen LogP) is 4.07. The van der Waals surface area contributed by atoms with Crippen LogP contribution in [0.1, 0.15) is 15.9 Å². The maximum absolute atomic E-state index is 12.6. The van der Waals surface area contributed by atoms with Crippen LogP contribution in [0.25, 0.3) is 0 Å². The van der Waals surface area contributed by atoms with Gasteiger partial charge in [-0.25, -0.2) is 13.2 Å². The third kappa shape index (κ3) is 5.02. The molecule has 146 valence electrons. The number of benzene rings is 2. The van der Waals surface area contributed by atoms with Crippen molar-refractivity contribution in [3.8, 4) is 0 Å². The van der Waals surface area contributed by atoms with Crippen molar-refractivity contribution >= 4 is 55.8 Å². The Morgan fingerprint density at radius 2 is 1.96 bits per heavy atom. The summed E-state index contributed by atoms with van der Waals surface area (Å²) in [5, 5.41) is 8.09. The molecule has 11 heteroatoms. The first-order chi connectivity index (χ1) is 13.4. The van der Waals surface area contributed by atoms with Gasteiger partial charge in [0.1, 0.15) is 0 Å². The van der Waals surface area contributed by atoms with Crippen LogP contribution in [-0.2, 0) is 20.5 Å². The van der Waals surface area contributed by atoms with Gasteiger partial charge in [0.05, 0.1) is 22.6 Å². The summed E-state index contributed by atoms with van der Waals surface area (Å²) < 4.78 is 32.8. The van der Waals surface area contributed by atoms with E-state index in [1.54, 1.807) is 0 Å². The van der Waals surface area contributed by atoms with E-state index in [-0.39, 0.29) is 20.6 Å². The van der Waals surface area contributed by atoms with Crippen molar-refractivity contribution in [2.75, 3.05) is 11.8 Å². The third-order valence-electron chi connectivity index (χ3n) is 3.49. The maximum Gasteiger partial charge on any atom is 0.339 e. The summed E-state index contributed by atoms with van der Waals surface area (Å²) >= 11 is 8.51. The van der Waals surface area contributed by atoms with Gasteiger partial charge in [0, 0.05) is 5.75 Å². The van der Waals surface area contributed by atoms with Gasteiger partial charge < -0.3 is 4.74 Å². The van der Waals surface area contributed by atoms with E-state index in [0.29, 0.717) is 10.1 Å². The number of anilines is 1. The molecule has 0 amide bonds. The molecule has 1 aromatic heterocycles. The van der Waals surface area contributed by atoms with Gasteiger partial charge in [-0.15, -0.1) is 10.2 Å². The van der Waals surface area contributed by atoms with Crippen molar-refractivity contribution in [3.63, 3.8) is 0 Å². The molecule has 0 atom stereocenters. The molecule has 0 unspecified atom stereocenters. The first kappa shape index (κ1) is 20.6. The van der Waals surface area contributed by atoms with Gasteiger partial charge in [-0.3, -0.25) is 4.72 Å². The highest BCUT2D eigenvalue weighted by molar-refractivity contribution is 8.00. The fourth-order valence-corrected chi connectivity index (χ4v) is 5.30. The molecular formula is C17H14ClN3O4S3. The quantitative estimate of drug-likeness (QED) is 0.423. The lowest BCUT2D eigenvalue weighted by atomic mass is 10.2. The van der Waals surface area contributed by atoms with Crippen LogP contribution in [0.5, 0.6) is 0 Å². The van der Waals surface area contributed by atoms with Gasteiger partial charge in [-0.2, -0.15) is 0 Å². The zero-order valence-electron chi connectivity index (χ0n) is 14.5. The highest BCUT2D eigenvalue weighted by Gasteiger charge is 2.21. The van der Waals surface area contributed by atoms with Crippen molar-refractivity contribution in [2.45, 2.75) is 15.0 Å². The van der Waals surface area contributed by atoms with Crippen LogP contribution in [-0.4, -0.2) is 31.7 Å². The van der Waals surface area contributed by atoms with Crippen LogP contribution < -0.4 is 4.72 Å². The fraction of sp³-hybridized carbons (Fsp3) is 0.118. The largest absolute Gasteiger partial charge is 0.465 e. The summed E-state index contributed by atoms with van der Waals surface area (Å²) in [4.78, 5) is 11.6. The second-order valence-electron chi connectivity index (χ2n) is 5.39. The number of halogens is 1. The first-order valence-electron chi connectivity index (χ1n) is 7.80. The van der Waals surface area contributed by atoms with E-state index in [1.807, 2.05) is 30.3 Å². The van der Waals surface area contributed by atoms with E-state index in [4.69, 9.17) is 11.6 Å². The number of carbonyl (C=O) groups excluding carboxylic acids is 1. The van der Waals surface area contributed by atoms with Gasteiger partial charge >= 0.3 is 5.97 Å². The van der Waals surface area contributed by atoms with Crippen LogP contribution in [0.2, 0.25) is 5.02 Å². The van der Waals surface area contributed by atoms with Crippen molar-refractivity contribution in [3.05, 3.63) is 64.7 Å². The third-order valence-corrected chi connectivity index (χ3v) is 7.33. The average Bonchev–Trinajstić information content (AvgIpc) is 3.13. The van der Waals surface area contributed by atoms with Crippen molar-refractivity contribution < 1.29 is 17.9 Å². The van der Waals surface area contributed by atoms with Crippen molar-refractivity contribution in [2.24, 2.45) is 0 Å². The second kappa shape index (κ2) is 8.91. The van der Waals surface area contributed by atoms with Gasteiger partial charge in [-0.05, 0) is 23.8 Å². The smallest absolute Gasteiger partial charge is 0.339 e. The molecule has 0 aliphatic heterocycles. The number of methoxy groups -OCH3 is 1. The van der Waals surface area contributed by atoms with Crippen molar-refractivity contribution in [1.29, 1.82) is 0 Å². The molecule has 3 rings (SSSR count). The van der Waals surface area contributed by atoms with Gasteiger partial charge in [-0.1, -0.05) is 65.0 Å². The van der Waals surface area contributed by atoms with Gasteiger partial charge in [0.2, 0.25) is 5.13 Å². The number of nitrogens with zero attached hydrogens (tertiary/aromatic N) is 2. The molecule has 0 aliphatic carbocycles.